The molecule has 0 aromatic carbocycles. The Morgan fingerprint density at radius 3 is 2.21 bits per heavy atom. The van der Waals surface area contributed by atoms with Crippen LogP contribution in [0, 0.1) is 0 Å². The van der Waals surface area contributed by atoms with Crippen LogP contribution in [-0.4, -0.2) is 43.5 Å². The maximum Gasteiger partial charge on any atom is 0.330 e. The van der Waals surface area contributed by atoms with Crippen molar-refractivity contribution in [1.29, 1.82) is 0 Å². The third-order valence-corrected chi connectivity index (χ3v) is 5.43. The number of hydrogen-bond acceptors (Lipinski definition) is 4. The minimum atomic E-state index is -0.756. The molecular formula is C16H22N4O4. The number of aromatic nitrogens is 2. The summed E-state index contributed by atoms with van der Waals surface area (Å²) in [5, 5.41) is 0. The van der Waals surface area contributed by atoms with Gasteiger partial charge in [0.25, 0.3) is 11.5 Å². The predicted molar refractivity (Wildman–Crippen MR) is 86.4 cm³/mol. The lowest BCUT2D eigenvalue weighted by atomic mass is 9.81. The predicted octanol–water partition coefficient (Wildman–Crippen LogP) is 0.181. The molecule has 0 radical (unpaired) electrons. The Morgan fingerprint density at radius 2 is 1.58 bits per heavy atom. The molecule has 2 heterocycles. The number of imide groups is 1. The van der Waals surface area contributed by atoms with Crippen LogP contribution in [0.25, 0.3) is 0 Å². The van der Waals surface area contributed by atoms with Gasteiger partial charge in [0.15, 0.2) is 0 Å². The van der Waals surface area contributed by atoms with E-state index in [2.05, 4.69) is 0 Å². The van der Waals surface area contributed by atoms with Crippen molar-refractivity contribution in [3.63, 3.8) is 0 Å². The van der Waals surface area contributed by atoms with Gasteiger partial charge in [-0.1, -0.05) is 19.3 Å². The summed E-state index contributed by atoms with van der Waals surface area (Å²) in [6, 6.07) is 0.934. The van der Waals surface area contributed by atoms with E-state index in [4.69, 9.17) is 0 Å². The lowest BCUT2D eigenvalue weighted by Crippen LogP contribution is -2.49. The normalized spacial score (nSPS) is 20.3. The fourth-order valence-electron chi connectivity index (χ4n) is 3.76. The molecule has 1 aromatic heterocycles. The molecule has 8 nitrogen and oxygen atoms in total. The van der Waals surface area contributed by atoms with Gasteiger partial charge in [0.1, 0.15) is 5.54 Å². The molecule has 0 bridgehead atoms. The summed E-state index contributed by atoms with van der Waals surface area (Å²) in [6.45, 7) is -0.0639. The molecule has 3 amide bonds. The molecule has 2 aliphatic rings. The molecule has 2 fully saturated rings. The SMILES string of the molecule is CN1C(=O)N(Cc2cc(=O)n(C)c(=O)n2C)C(=O)C12CCCCC2. The Morgan fingerprint density at radius 1 is 0.958 bits per heavy atom. The highest BCUT2D eigenvalue weighted by Crippen LogP contribution is 2.39. The lowest BCUT2D eigenvalue weighted by molar-refractivity contribution is -0.134. The van der Waals surface area contributed by atoms with E-state index in [9.17, 15) is 19.2 Å². The second-order valence-corrected chi connectivity index (χ2v) is 6.70. The first-order valence-corrected chi connectivity index (χ1v) is 8.15. The van der Waals surface area contributed by atoms with Gasteiger partial charge in [0.2, 0.25) is 0 Å². The van der Waals surface area contributed by atoms with Gasteiger partial charge >= 0.3 is 11.7 Å². The van der Waals surface area contributed by atoms with Gasteiger partial charge in [-0.25, -0.2) is 9.59 Å². The maximum absolute atomic E-state index is 12.9. The summed E-state index contributed by atoms with van der Waals surface area (Å²) < 4.78 is 2.29. The van der Waals surface area contributed by atoms with E-state index in [1.165, 1.54) is 34.5 Å². The number of carbonyl (C=O) groups is 2. The third-order valence-electron chi connectivity index (χ3n) is 5.43. The largest absolute Gasteiger partial charge is 0.330 e. The summed E-state index contributed by atoms with van der Waals surface area (Å²) in [5.41, 5.74) is -1.33. The van der Waals surface area contributed by atoms with Crippen LogP contribution in [0.5, 0.6) is 0 Å². The Labute approximate surface area is 139 Å². The summed E-state index contributed by atoms with van der Waals surface area (Å²) in [4.78, 5) is 52.1. The van der Waals surface area contributed by atoms with Gasteiger partial charge < -0.3 is 4.90 Å². The van der Waals surface area contributed by atoms with Crippen molar-refractivity contribution >= 4 is 11.9 Å². The fraction of sp³-hybridized carbons (Fsp3) is 0.625. The van der Waals surface area contributed by atoms with Crippen molar-refractivity contribution < 1.29 is 9.59 Å². The van der Waals surface area contributed by atoms with Crippen molar-refractivity contribution in [2.24, 2.45) is 14.1 Å². The summed E-state index contributed by atoms with van der Waals surface area (Å²) in [7, 11) is 4.59. The van der Waals surface area contributed by atoms with Crippen molar-refractivity contribution in [2.75, 3.05) is 7.05 Å². The van der Waals surface area contributed by atoms with Gasteiger partial charge in [-0.15, -0.1) is 0 Å². The number of hydrogen-bond donors (Lipinski definition) is 0. The van der Waals surface area contributed by atoms with Gasteiger partial charge in [0.05, 0.1) is 6.54 Å². The zero-order valence-electron chi connectivity index (χ0n) is 14.2. The number of carbonyl (C=O) groups excluding carboxylic acids is 2. The van der Waals surface area contributed by atoms with E-state index in [1.807, 2.05) is 0 Å². The first-order chi connectivity index (χ1) is 11.3. The Bertz CT molecular complexity index is 816. The Hall–Kier alpha value is -2.38. The van der Waals surface area contributed by atoms with Crippen LogP contribution in [0.4, 0.5) is 4.79 Å². The van der Waals surface area contributed by atoms with Gasteiger partial charge in [0, 0.05) is 32.9 Å². The highest BCUT2D eigenvalue weighted by atomic mass is 16.2. The van der Waals surface area contributed by atoms with Crippen molar-refractivity contribution in [2.45, 2.75) is 44.2 Å². The zero-order chi connectivity index (χ0) is 17.6. The van der Waals surface area contributed by atoms with E-state index < -0.39 is 16.8 Å². The average molecular weight is 334 g/mol. The van der Waals surface area contributed by atoms with E-state index >= 15 is 0 Å². The summed E-state index contributed by atoms with van der Waals surface area (Å²) >= 11 is 0. The van der Waals surface area contributed by atoms with Gasteiger partial charge in [-0.05, 0) is 12.8 Å². The van der Waals surface area contributed by atoms with Crippen LogP contribution in [0.3, 0.4) is 0 Å². The number of likely N-dealkylation sites (N-methyl/N-ethyl adjacent to an activating group) is 1. The molecule has 1 aliphatic carbocycles. The van der Waals surface area contributed by atoms with E-state index in [0.717, 1.165) is 23.8 Å². The van der Waals surface area contributed by atoms with Crippen LogP contribution in [-0.2, 0) is 25.4 Å². The standard InChI is InChI=1S/C16H22N4O4/c1-17-11(9-12(21)18(2)14(17)23)10-20-13(22)16(19(3)15(20)24)7-5-4-6-8-16/h9H,4-8,10H2,1-3H3. The molecule has 1 saturated carbocycles. The molecule has 3 rings (SSSR count). The quantitative estimate of drug-likeness (QED) is 0.722. The average Bonchev–Trinajstić information content (AvgIpc) is 2.74. The molecule has 24 heavy (non-hydrogen) atoms. The third kappa shape index (κ3) is 2.20. The smallest absolute Gasteiger partial charge is 0.313 e. The minimum absolute atomic E-state index is 0.0639. The molecule has 1 aromatic rings. The number of urea groups is 1. The highest BCUT2D eigenvalue weighted by Gasteiger charge is 2.55. The maximum atomic E-state index is 12.9. The summed E-state index contributed by atoms with van der Waals surface area (Å²) in [5.74, 6) is -0.220. The highest BCUT2D eigenvalue weighted by molar-refractivity contribution is 6.06. The lowest BCUT2D eigenvalue weighted by Gasteiger charge is -2.35. The first-order valence-electron chi connectivity index (χ1n) is 8.15. The van der Waals surface area contributed by atoms with Crippen molar-refractivity contribution in [1.82, 2.24) is 18.9 Å². The molecule has 130 valence electrons. The van der Waals surface area contributed by atoms with E-state index in [-0.39, 0.29) is 18.5 Å². The van der Waals surface area contributed by atoms with Gasteiger partial charge in [-0.2, -0.15) is 0 Å². The topological polar surface area (TPSA) is 84.6 Å². The van der Waals surface area contributed by atoms with Crippen LogP contribution in [0.1, 0.15) is 37.8 Å². The molecule has 1 aliphatic heterocycles. The molecule has 0 N–H and O–H groups in total. The van der Waals surface area contributed by atoms with Crippen LogP contribution in [0.15, 0.2) is 15.7 Å². The Kier molecular flexibility index (Phi) is 3.85. The molecule has 0 unspecified atom stereocenters. The van der Waals surface area contributed by atoms with Crippen molar-refractivity contribution in [3.05, 3.63) is 32.6 Å². The van der Waals surface area contributed by atoms with Gasteiger partial charge in [-0.3, -0.25) is 23.6 Å². The number of rotatable bonds is 2. The molecular weight excluding hydrogens is 312 g/mol. The zero-order valence-corrected chi connectivity index (χ0v) is 14.2. The molecule has 1 saturated heterocycles. The fourth-order valence-corrected chi connectivity index (χ4v) is 3.76. The summed E-state index contributed by atoms with van der Waals surface area (Å²) in [6.07, 6.45) is 4.24. The molecule has 8 heteroatoms. The van der Waals surface area contributed by atoms with E-state index in [0.29, 0.717) is 18.5 Å². The monoisotopic (exact) mass is 334 g/mol. The van der Waals surface area contributed by atoms with Crippen LogP contribution < -0.4 is 11.2 Å². The molecule has 1 spiro atoms. The minimum Gasteiger partial charge on any atom is -0.313 e. The number of amides is 3. The van der Waals surface area contributed by atoms with Crippen LogP contribution >= 0.6 is 0 Å². The Balaban J connectivity index is 1.97. The van der Waals surface area contributed by atoms with Crippen molar-refractivity contribution in [3.8, 4) is 0 Å². The second-order valence-electron chi connectivity index (χ2n) is 6.70. The molecule has 0 atom stereocenters. The van der Waals surface area contributed by atoms with E-state index in [1.54, 1.807) is 7.05 Å². The van der Waals surface area contributed by atoms with Crippen LogP contribution in [0.2, 0.25) is 0 Å². The number of nitrogens with zero attached hydrogens (tertiary/aromatic N) is 4. The first kappa shape index (κ1) is 16.5. The second kappa shape index (κ2) is 5.61.